The number of anilines is 1. The van der Waals surface area contributed by atoms with Gasteiger partial charge in [0.1, 0.15) is 22.9 Å². The third kappa shape index (κ3) is 8.36. The Morgan fingerprint density at radius 1 is 0.800 bits per heavy atom. The minimum Gasteiger partial charge on any atom is -0.506 e. The van der Waals surface area contributed by atoms with Crippen molar-refractivity contribution >= 4 is 11.6 Å². The molecular formula is C25H35NO4. The fraction of sp³-hybridized carbons (Fsp3) is 0.480. The Balaban J connectivity index is 1.62. The fourth-order valence-electron chi connectivity index (χ4n) is 3.32. The molecule has 2 aromatic carbocycles. The van der Waals surface area contributed by atoms with Gasteiger partial charge in [-0.05, 0) is 42.8 Å². The van der Waals surface area contributed by atoms with Crippen molar-refractivity contribution < 1.29 is 19.7 Å². The zero-order valence-corrected chi connectivity index (χ0v) is 18.0. The number of nitrogens with one attached hydrogen (secondary N) is 1. The lowest BCUT2D eigenvalue weighted by Crippen LogP contribution is -2.12. The van der Waals surface area contributed by atoms with Crippen LogP contribution in [0.1, 0.15) is 81.5 Å². The van der Waals surface area contributed by atoms with Gasteiger partial charge in [0.05, 0.1) is 6.61 Å². The van der Waals surface area contributed by atoms with E-state index in [2.05, 4.69) is 12.2 Å². The van der Waals surface area contributed by atoms with Gasteiger partial charge in [0.15, 0.2) is 0 Å². The summed E-state index contributed by atoms with van der Waals surface area (Å²) < 4.78 is 5.76. The molecule has 3 N–H and O–H groups in total. The van der Waals surface area contributed by atoms with Crippen molar-refractivity contribution in [3.63, 3.8) is 0 Å². The van der Waals surface area contributed by atoms with E-state index in [-0.39, 0.29) is 17.2 Å². The summed E-state index contributed by atoms with van der Waals surface area (Å²) in [5.74, 6) is -0.0412. The van der Waals surface area contributed by atoms with Crippen LogP contribution in [0, 0.1) is 0 Å². The van der Waals surface area contributed by atoms with E-state index in [1.54, 1.807) is 24.3 Å². The molecule has 0 unspecified atom stereocenters. The van der Waals surface area contributed by atoms with Crippen LogP contribution in [0.3, 0.4) is 0 Å². The number of benzene rings is 2. The molecule has 0 saturated heterocycles. The summed E-state index contributed by atoms with van der Waals surface area (Å²) in [4.78, 5) is 12.3. The molecule has 0 aliphatic heterocycles. The third-order valence-corrected chi connectivity index (χ3v) is 5.14. The standard InChI is InChI=1S/C25H35NO4/c1-2-3-4-5-6-7-8-9-10-11-19-30-21-17-15-20(16-18-21)25(29)26-24-22(27)13-12-14-23(24)28/h12-18,27-28H,2-11,19H2,1H3,(H,26,29). The van der Waals surface area contributed by atoms with Gasteiger partial charge in [-0.2, -0.15) is 0 Å². The Morgan fingerprint density at radius 2 is 1.33 bits per heavy atom. The Kier molecular flexibility index (Phi) is 10.6. The van der Waals surface area contributed by atoms with Gasteiger partial charge in [-0.15, -0.1) is 0 Å². The highest BCUT2D eigenvalue weighted by Gasteiger charge is 2.12. The number of rotatable bonds is 14. The molecule has 5 heteroatoms. The van der Waals surface area contributed by atoms with E-state index in [4.69, 9.17) is 4.74 Å². The van der Waals surface area contributed by atoms with E-state index in [0.29, 0.717) is 12.2 Å². The molecular weight excluding hydrogens is 378 g/mol. The zero-order chi connectivity index (χ0) is 21.6. The lowest BCUT2D eigenvalue weighted by Gasteiger charge is -2.10. The first-order chi connectivity index (χ1) is 14.6. The molecule has 0 fully saturated rings. The molecule has 2 aromatic rings. The molecule has 0 aliphatic carbocycles. The van der Waals surface area contributed by atoms with Crippen molar-refractivity contribution in [2.45, 2.75) is 71.1 Å². The summed E-state index contributed by atoms with van der Waals surface area (Å²) in [6, 6.07) is 11.2. The van der Waals surface area contributed by atoms with E-state index in [9.17, 15) is 15.0 Å². The summed E-state index contributed by atoms with van der Waals surface area (Å²) in [5, 5.41) is 22.1. The fourth-order valence-corrected chi connectivity index (χ4v) is 3.32. The predicted molar refractivity (Wildman–Crippen MR) is 122 cm³/mol. The van der Waals surface area contributed by atoms with Crippen molar-refractivity contribution in [1.29, 1.82) is 0 Å². The van der Waals surface area contributed by atoms with E-state index < -0.39 is 5.91 Å². The lowest BCUT2D eigenvalue weighted by atomic mass is 10.1. The molecule has 0 aromatic heterocycles. The first-order valence-electron chi connectivity index (χ1n) is 11.2. The summed E-state index contributed by atoms with van der Waals surface area (Å²) in [5.41, 5.74) is 0.424. The van der Waals surface area contributed by atoms with Crippen LogP contribution in [0.2, 0.25) is 0 Å². The van der Waals surface area contributed by atoms with Gasteiger partial charge in [0, 0.05) is 5.56 Å². The highest BCUT2D eigenvalue weighted by molar-refractivity contribution is 6.05. The molecule has 30 heavy (non-hydrogen) atoms. The van der Waals surface area contributed by atoms with Crippen LogP contribution in [0.15, 0.2) is 42.5 Å². The van der Waals surface area contributed by atoms with Gasteiger partial charge in [-0.1, -0.05) is 70.8 Å². The van der Waals surface area contributed by atoms with Gasteiger partial charge in [-0.3, -0.25) is 4.79 Å². The number of hydrogen-bond acceptors (Lipinski definition) is 4. The molecule has 0 radical (unpaired) electrons. The van der Waals surface area contributed by atoms with Gasteiger partial charge < -0.3 is 20.3 Å². The predicted octanol–water partition coefficient (Wildman–Crippen LogP) is 6.65. The van der Waals surface area contributed by atoms with Crippen molar-refractivity contribution in [3.8, 4) is 17.2 Å². The molecule has 0 aliphatic rings. The van der Waals surface area contributed by atoms with Crippen LogP contribution in [0.25, 0.3) is 0 Å². The Morgan fingerprint density at radius 3 is 1.90 bits per heavy atom. The summed E-state index contributed by atoms with van der Waals surface area (Å²) in [6.45, 7) is 2.92. The van der Waals surface area contributed by atoms with Crippen molar-refractivity contribution in [3.05, 3.63) is 48.0 Å². The Hall–Kier alpha value is -2.69. The van der Waals surface area contributed by atoms with Crippen LogP contribution in [-0.4, -0.2) is 22.7 Å². The maximum absolute atomic E-state index is 12.3. The first kappa shape index (κ1) is 23.6. The van der Waals surface area contributed by atoms with E-state index >= 15 is 0 Å². The van der Waals surface area contributed by atoms with E-state index in [1.807, 2.05) is 0 Å². The molecule has 0 spiro atoms. The molecule has 5 nitrogen and oxygen atoms in total. The van der Waals surface area contributed by atoms with Gasteiger partial charge in [0.25, 0.3) is 5.91 Å². The molecule has 0 bridgehead atoms. The SMILES string of the molecule is CCCCCCCCCCCCOc1ccc(C(=O)Nc2c(O)cccc2O)cc1. The number of ether oxygens (including phenoxy) is 1. The quantitative estimate of drug-likeness (QED) is 0.239. The van der Waals surface area contributed by atoms with Crippen LogP contribution < -0.4 is 10.1 Å². The highest BCUT2D eigenvalue weighted by Crippen LogP contribution is 2.32. The maximum Gasteiger partial charge on any atom is 0.255 e. The average molecular weight is 414 g/mol. The van der Waals surface area contributed by atoms with Crippen LogP contribution in [0.5, 0.6) is 17.2 Å². The minimum absolute atomic E-state index is 0.00351. The summed E-state index contributed by atoms with van der Waals surface area (Å²) >= 11 is 0. The number of hydrogen-bond donors (Lipinski definition) is 3. The minimum atomic E-state index is -0.409. The number of carbonyl (C=O) groups excluding carboxylic acids is 1. The van der Waals surface area contributed by atoms with Gasteiger partial charge in [-0.25, -0.2) is 0 Å². The largest absolute Gasteiger partial charge is 0.506 e. The maximum atomic E-state index is 12.3. The zero-order valence-electron chi connectivity index (χ0n) is 18.0. The van der Waals surface area contributed by atoms with Crippen LogP contribution in [-0.2, 0) is 0 Å². The number of para-hydroxylation sites is 1. The van der Waals surface area contributed by atoms with E-state index in [1.165, 1.54) is 76.0 Å². The second-order valence-corrected chi connectivity index (χ2v) is 7.68. The van der Waals surface area contributed by atoms with Gasteiger partial charge in [0.2, 0.25) is 0 Å². The highest BCUT2D eigenvalue weighted by atomic mass is 16.5. The van der Waals surface area contributed by atoms with Crippen LogP contribution in [0.4, 0.5) is 5.69 Å². The third-order valence-electron chi connectivity index (χ3n) is 5.14. The Bertz CT molecular complexity index is 738. The summed E-state index contributed by atoms with van der Waals surface area (Å²) in [7, 11) is 0. The van der Waals surface area contributed by atoms with E-state index in [0.717, 1.165) is 12.2 Å². The van der Waals surface area contributed by atoms with Crippen molar-refractivity contribution in [1.82, 2.24) is 0 Å². The molecule has 0 atom stereocenters. The number of carbonyl (C=O) groups is 1. The number of phenols is 2. The Labute approximate surface area is 180 Å². The number of amides is 1. The monoisotopic (exact) mass is 413 g/mol. The van der Waals surface area contributed by atoms with Crippen molar-refractivity contribution in [2.75, 3.05) is 11.9 Å². The number of phenolic OH excluding ortho intramolecular Hbond substituents is 2. The molecule has 0 saturated carbocycles. The summed E-state index contributed by atoms with van der Waals surface area (Å²) in [6.07, 6.45) is 12.9. The second kappa shape index (κ2) is 13.5. The normalized spacial score (nSPS) is 10.7. The molecule has 2 rings (SSSR count). The second-order valence-electron chi connectivity index (χ2n) is 7.68. The molecule has 1 amide bonds. The lowest BCUT2D eigenvalue weighted by molar-refractivity contribution is 0.102. The van der Waals surface area contributed by atoms with Gasteiger partial charge >= 0.3 is 0 Å². The topological polar surface area (TPSA) is 78.8 Å². The average Bonchev–Trinajstić information content (AvgIpc) is 2.75. The molecule has 164 valence electrons. The molecule has 0 heterocycles. The van der Waals surface area contributed by atoms with Crippen molar-refractivity contribution in [2.24, 2.45) is 0 Å². The number of unbranched alkanes of at least 4 members (excludes halogenated alkanes) is 9. The van der Waals surface area contributed by atoms with Crippen LogP contribution >= 0.6 is 0 Å². The first-order valence-corrected chi connectivity index (χ1v) is 11.2. The smallest absolute Gasteiger partial charge is 0.255 e. The number of aromatic hydroxyl groups is 2.